The number of nitrogens with two attached hydrogens (primary N) is 1. The van der Waals surface area contributed by atoms with Crippen molar-refractivity contribution in [3.8, 4) is 5.75 Å². The molecule has 0 unspecified atom stereocenters. The summed E-state index contributed by atoms with van der Waals surface area (Å²) in [6, 6.07) is 3.57. The number of hydrogen-bond donors (Lipinski definition) is 2. The van der Waals surface area contributed by atoms with Crippen molar-refractivity contribution in [2.24, 2.45) is 10.9 Å². The van der Waals surface area contributed by atoms with E-state index in [1.165, 1.54) is 0 Å². The number of hydrogen-bond acceptors (Lipinski definition) is 5. The van der Waals surface area contributed by atoms with Gasteiger partial charge in [-0.3, -0.25) is 0 Å². The van der Waals surface area contributed by atoms with Crippen LogP contribution in [0.5, 0.6) is 5.75 Å². The van der Waals surface area contributed by atoms with Gasteiger partial charge in [-0.15, -0.1) is 0 Å². The van der Waals surface area contributed by atoms with E-state index in [4.69, 9.17) is 15.7 Å². The fraction of sp³-hybridized carbons (Fsp3) is 0.500. The van der Waals surface area contributed by atoms with Crippen LogP contribution >= 0.6 is 0 Å². The Morgan fingerprint density at radius 3 is 2.94 bits per heavy atom. The first-order valence-corrected chi connectivity index (χ1v) is 5.99. The van der Waals surface area contributed by atoms with Crippen molar-refractivity contribution in [2.75, 3.05) is 20.1 Å². The summed E-state index contributed by atoms with van der Waals surface area (Å²) in [5.74, 6) is 0.542. The van der Waals surface area contributed by atoms with E-state index in [1.807, 2.05) is 0 Å². The molecule has 1 aromatic heterocycles. The number of amidine groups is 1. The second-order valence-corrected chi connectivity index (χ2v) is 4.46. The Bertz CT molecular complexity index is 428. The third-order valence-electron chi connectivity index (χ3n) is 3.08. The van der Waals surface area contributed by atoms with Crippen LogP contribution in [0.1, 0.15) is 18.5 Å². The summed E-state index contributed by atoms with van der Waals surface area (Å²) in [7, 11) is 2.10. The molecule has 0 aromatic carbocycles. The first kappa shape index (κ1) is 12.6. The number of ether oxygens (including phenoxy) is 1. The topological polar surface area (TPSA) is 84.0 Å². The summed E-state index contributed by atoms with van der Waals surface area (Å²) in [6.07, 6.45) is 3.70. The summed E-state index contributed by atoms with van der Waals surface area (Å²) < 4.78 is 5.90. The maximum Gasteiger partial charge on any atom is 0.192 e. The molecule has 0 bridgehead atoms. The molecule has 0 saturated carbocycles. The van der Waals surface area contributed by atoms with Gasteiger partial charge in [-0.05, 0) is 32.0 Å². The van der Waals surface area contributed by atoms with Gasteiger partial charge in [0.05, 0.1) is 0 Å². The average molecular weight is 250 g/mol. The van der Waals surface area contributed by atoms with Crippen LogP contribution in [0.4, 0.5) is 0 Å². The number of piperidine rings is 1. The summed E-state index contributed by atoms with van der Waals surface area (Å²) in [6.45, 7) is 2.04. The van der Waals surface area contributed by atoms with E-state index in [-0.39, 0.29) is 11.9 Å². The van der Waals surface area contributed by atoms with Crippen molar-refractivity contribution in [2.45, 2.75) is 18.9 Å². The van der Waals surface area contributed by atoms with Crippen LogP contribution in [0.2, 0.25) is 0 Å². The molecule has 6 heteroatoms. The van der Waals surface area contributed by atoms with Crippen molar-refractivity contribution in [1.82, 2.24) is 9.88 Å². The Morgan fingerprint density at radius 2 is 2.28 bits per heavy atom. The summed E-state index contributed by atoms with van der Waals surface area (Å²) in [4.78, 5) is 6.35. The minimum absolute atomic E-state index is 0.0291. The molecular weight excluding hydrogens is 232 g/mol. The van der Waals surface area contributed by atoms with Gasteiger partial charge in [0.1, 0.15) is 11.9 Å². The third-order valence-corrected chi connectivity index (χ3v) is 3.08. The van der Waals surface area contributed by atoms with Gasteiger partial charge in [-0.25, -0.2) is 4.98 Å². The van der Waals surface area contributed by atoms with E-state index in [0.29, 0.717) is 11.4 Å². The zero-order valence-corrected chi connectivity index (χ0v) is 10.4. The van der Waals surface area contributed by atoms with Crippen LogP contribution in [0.15, 0.2) is 23.5 Å². The minimum Gasteiger partial charge on any atom is -0.488 e. The van der Waals surface area contributed by atoms with E-state index in [0.717, 1.165) is 25.9 Å². The highest BCUT2D eigenvalue weighted by molar-refractivity contribution is 5.97. The molecule has 0 aliphatic carbocycles. The number of rotatable bonds is 3. The van der Waals surface area contributed by atoms with Crippen LogP contribution < -0.4 is 10.5 Å². The molecule has 1 aliphatic heterocycles. The lowest BCUT2D eigenvalue weighted by Crippen LogP contribution is -2.36. The van der Waals surface area contributed by atoms with E-state index >= 15 is 0 Å². The molecule has 1 aromatic rings. The zero-order valence-electron chi connectivity index (χ0n) is 10.4. The van der Waals surface area contributed by atoms with Crippen LogP contribution in [0, 0.1) is 0 Å². The Morgan fingerprint density at radius 1 is 1.56 bits per heavy atom. The predicted molar refractivity (Wildman–Crippen MR) is 67.9 cm³/mol. The summed E-state index contributed by atoms with van der Waals surface area (Å²) in [5.41, 5.74) is 5.96. The van der Waals surface area contributed by atoms with E-state index in [2.05, 4.69) is 22.1 Å². The van der Waals surface area contributed by atoms with Crippen molar-refractivity contribution in [1.29, 1.82) is 0 Å². The van der Waals surface area contributed by atoms with Crippen molar-refractivity contribution in [3.63, 3.8) is 0 Å². The Balaban J connectivity index is 2.09. The lowest BCUT2D eigenvalue weighted by atomic mass is 10.1. The molecule has 0 amide bonds. The van der Waals surface area contributed by atoms with Gasteiger partial charge < -0.3 is 20.6 Å². The number of nitrogens with zero attached hydrogens (tertiary/aromatic N) is 3. The molecule has 3 N–H and O–H groups in total. The minimum atomic E-state index is -0.0291. The van der Waals surface area contributed by atoms with E-state index in [9.17, 15) is 0 Å². The first-order chi connectivity index (χ1) is 8.70. The molecular formula is C12H18N4O2. The number of likely N-dealkylation sites (tertiary alicyclic amines) is 1. The molecule has 18 heavy (non-hydrogen) atoms. The quantitative estimate of drug-likeness (QED) is 0.356. The predicted octanol–water partition coefficient (Wildman–Crippen LogP) is 0.649. The third kappa shape index (κ3) is 2.89. The lowest BCUT2D eigenvalue weighted by molar-refractivity contribution is 0.113. The number of pyridine rings is 1. The fourth-order valence-corrected chi connectivity index (χ4v) is 2.01. The molecule has 1 fully saturated rings. The highest BCUT2D eigenvalue weighted by atomic mass is 16.5. The van der Waals surface area contributed by atoms with Crippen molar-refractivity contribution >= 4 is 5.84 Å². The highest BCUT2D eigenvalue weighted by Gasteiger charge is 2.20. The molecule has 0 atom stereocenters. The van der Waals surface area contributed by atoms with Crippen molar-refractivity contribution < 1.29 is 9.94 Å². The van der Waals surface area contributed by atoms with Gasteiger partial charge in [0.25, 0.3) is 0 Å². The SMILES string of the molecule is CN1CCC(Oc2cccnc2/C(N)=N/O)CC1. The summed E-state index contributed by atoms with van der Waals surface area (Å²) >= 11 is 0. The van der Waals surface area contributed by atoms with Gasteiger partial charge in [-0.1, -0.05) is 5.16 Å². The molecule has 6 nitrogen and oxygen atoms in total. The Kier molecular flexibility index (Phi) is 3.99. The first-order valence-electron chi connectivity index (χ1n) is 5.99. The molecule has 1 saturated heterocycles. The van der Waals surface area contributed by atoms with Gasteiger partial charge in [0.2, 0.25) is 0 Å². The molecule has 1 aliphatic rings. The van der Waals surface area contributed by atoms with E-state index in [1.54, 1.807) is 18.3 Å². The lowest BCUT2D eigenvalue weighted by Gasteiger charge is -2.29. The normalized spacial score (nSPS) is 18.8. The smallest absolute Gasteiger partial charge is 0.192 e. The largest absolute Gasteiger partial charge is 0.488 e. The van der Waals surface area contributed by atoms with Gasteiger partial charge in [0, 0.05) is 19.3 Å². The summed E-state index contributed by atoms with van der Waals surface area (Å²) in [5, 5.41) is 11.7. The van der Waals surface area contributed by atoms with Crippen LogP contribution in [-0.2, 0) is 0 Å². The van der Waals surface area contributed by atoms with E-state index < -0.39 is 0 Å². The van der Waals surface area contributed by atoms with Crippen LogP contribution in [-0.4, -0.2) is 47.2 Å². The zero-order chi connectivity index (χ0) is 13.0. The molecule has 2 heterocycles. The molecule has 2 rings (SSSR count). The van der Waals surface area contributed by atoms with Crippen LogP contribution in [0.3, 0.4) is 0 Å². The maximum absolute atomic E-state index is 8.71. The second-order valence-electron chi connectivity index (χ2n) is 4.46. The van der Waals surface area contributed by atoms with Crippen LogP contribution in [0.25, 0.3) is 0 Å². The fourth-order valence-electron chi connectivity index (χ4n) is 2.01. The Labute approximate surface area is 106 Å². The standard InChI is InChI=1S/C12H18N4O2/c1-16-7-4-9(5-8-16)18-10-3-2-6-14-11(10)12(13)15-17/h2-3,6,9,17H,4-5,7-8H2,1H3,(H2,13,15). The second kappa shape index (κ2) is 5.68. The highest BCUT2D eigenvalue weighted by Crippen LogP contribution is 2.21. The molecule has 0 spiro atoms. The number of oxime groups is 1. The average Bonchev–Trinajstić information content (AvgIpc) is 2.41. The molecule has 98 valence electrons. The maximum atomic E-state index is 8.71. The molecule has 0 radical (unpaired) electrons. The van der Waals surface area contributed by atoms with Crippen molar-refractivity contribution in [3.05, 3.63) is 24.0 Å². The van der Waals surface area contributed by atoms with Gasteiger partial charge in [0.15, 0.2) is 11.5 Å². The monoisotopic (exact) mass is 250 g/mol. The van der Waals surface area contributed by atoms with Gasteiger partial charge in [-0.2, -0.15) is 0 Å². The Hall–Kier alpha value is -1.82. The van der Waals surface area contributed by atoms with Gasteiger partial charge >= 0.3 is 0 Å². The number of aromatic nitrogens is 1.